The number of carbonyl (C=O) groups is 1. The Morgan fingerprint density at radius 3 is 2.65 bits per heavy atom. The van der Waals surface area contributed by atoms with Crippen LogP contribution in [0.5, 0.6) is 0 Å². The topological polar surface area (TPSA) is 59.8 Å². The number of rotatable bonds is 3. The molecule has 1 heterocycles. The Bertz CT molecular complexity index is 693. The fourth-order valence-corrected chi connectivity index (χ4v) is 2.65. The molecule has 2 aromatic rings. The van der Waals surface area contributed by atoms with Gasteiger partial charge in [0.1, 0.15) is 18.3 Å². The number of aromatic nitrogens is 3. The van der Waals surface area contributed by atoms with Crippen molar-refractivity contribution >= 4 is 11.6 Å². The zero-order valence-electron chi connectivity index (χ0n) is 12.2. The second kappa shape index (κ2) is 6.02. The average molecular weight is 324 g/mol. The van der Waals surface area contributed by atoms with Gasteiger partial charge in [-0.2, -0.15) is 5.10 Å². The minimum absolute atomic E-state index is 0.137. The van der Waals surface area contributed by atoms with Gasteiger partial charge in [-0.25, -0.2) is 22.8 Å². The number of anilines is 1. The summed E-state index contributed by atoms with van der Waals surface area (Å²) < 4.78 is 41.5. The highest BCUT2D eigenvalue weighted by Crippen LogP contribution is 2.36. The third-order valence-electron chi connectivity index (χ3n) is 3.97. The van der Waals surface area contributed by atoms with Crippen molar-refractivity contribution in [3.8, 4) is 5.69 Å². The molecule has 1 amide bonds. The number of nitrogens with one attached hydrogen (secondary N) is 1. The lowest BCUT2D eigenvalue weighted by Gasteiger charge is -2.27. The van der Waals surface area contributed by atoms with Gasteiger partial charge in [-0.05, 0) is 31.0 Å². The fourth-order valence-electron chi connectivity index (χ4n) is 2.65. The molecular formula is C15H15F3N4O. The summed E-state index contributed by atoms with van der Waals surface area (Å²) in [4.78, 5) is 15.8. The predicted molar refractivity (Wildman–Crippen MR) is 76.9 cm³/mol. The van der Waals surface area contributed by atoms with E-state index in [0.29, 0.717) is 0 Å². The minimum Gasteiger partial charge on any atom is -0.326 e. The maximum Gasteiger partial charge on any atom is 0.248 e. The Balaban J connectivity index is 1.66. The van der Waals surface area contributed by atoms with Gasteiger partial charge < -0.3 is 5.32 Å². The van der Waals surface area contributed by atoms with Gasteiger partial charge in [-0.1, -0.05) is 0 Å². The Morgan fingerprint density at radius 2 is 2.04 bits per heavy atom. The van der Waals surface area contributed by atoms with Crippen molar-refractivity contribution < 1.29 is 18.0 Å². The van der Waals surface area contributed by atoms with Crippen LogP contribution in [0, 0.1) is 11.7 Å². The highest BCUT2D eigenvalue weighted by Gasteiger charge is 2.37. The smallest absolute Gasteiger partial charge is 0.248 e. The third kappa shape index (κ3) is 3.52. The van der Waals surface area contributed by atoms with E-state index < -0.39 is 17.7 Å². The summed E-state index contributed by atoms with van der Waals surface area (Å²) in [5.74, 6) is -4.06. The first kappa shape index (κ1) is 15.5. The molecule has 122 valence electrons. The molecule has 0 aliphatic heterocycles. The van der Waals surface area contributed by atoms with Crippen molar-refractivity contribution in [2.45, 2.75) is 31.6 Å². The van der Waals surface area contributed by atoms with Crippen LogP contribution in [0.25, 0.3) is 5.69 Å². The first-order chi connectivity index (χ1) is 10.9. The Labute approximate surface area is 130 Å². The SMILES string of the molecule is O=C(Nc1ccc(-n2cncn2)c(F)c1)C1CCC(F)(F)CC1. The van der Waals surface area contributed by atoms with Gasteiger partial charge in [0.2, 0.25) is 11.8 Å². The van der Waals surface area contributed by atoms with Gasteiger partial charge in [0.05, 0.1) is 0 Å². The summed E-state index contributed by atoms with van der Waals surface area (Å²) in [7, 11) is 0. The molecule has 1 N–H and O–H groups in total. The number of benzene rings is 1. The summed E-state index contributed by atoms with van der Waals surface area (Å²) in [6.45, 7) is 0. The predicted octanol–water partition coefficient (Wildman–Crippen LogP) is 3.17. The van der Waals surface area contributed by atoms with Gasteiger partial charge in [-0.3, -0.25) is 4.79 Å². The molecule has 0 spiro atoms. The second-order valence-corrected chi connectivity index (χ2v) is 5.63. The number of hydrogen-bond acceptors (Lipinski definition) is 3. The third-order valence-corrected chi connectivity index (χ3v) is 3.97. The van der Waals surface area contributed by atoms with E-state index in [1.54, 1.807) is 0 Å². The largest absolute Gasteiger partial charge is 0.326 e. The van der Waals surface area contributed by atoms with Crippen molar-refractivity contribution in [3.05, 3.63) is 36.7 Å². The molecule has 1 aliphatic carbocycles. The maximum absolute atomic E-state index is 14.1. The lowest BCUT2D eigenvalue weighted by atomic mass is 9.86. The molecule has 0 saturated heterocycles. The highest BCUT2D eigenvalue weighted by atomic mass is 19.3. The number of hydrogen-bond donors (Lipinski definition) is 1. The Morgan fingerprint density at radius 1 is 1.30 bits per heavy atom. The van der Waals surface area contributed by atoms with Gasteiger partial charge in [0, 0.05) is 24.4 Å². The number of amides is 1. The molecule has 3 rings (SSSR count). The molecule has 1 aliphatic rings. The normalized spacial score (nSPS) is 17.9. The number of halogens is 3. The Hall–Kier alpha value is -2.38. The van der Waals surface area contributed by atoms with E-state index in [9.17, 15) is 18.0 Å². The van der Waals surface area contributed by atoms with Gasteiger partial charge in [0.15, 0.2) is 5.82 Å². The van der Waals surface area contributed by atoms with E-state index >= 15 is 0 Å². The summed E-state index contributed by atoms with van der Waals surface area (Å²) in [5, 5.41) is 6.42. The summed E-state index contributed by atoms with van der Waals surface area (Å²) in [5.41, 5.74) is 0.492. The molecule has 1 saturated carbocycles. The minimum atomic E-state index is -2.68. The molecule has 0 atom stereocenters. The number of nitrogens with zero attached hydrogens (tertiary/aromatic N) is 3. The van der Waals surface area contributed by atoms with Crippen LogP contribution >= 0.6 is 0 Å². The van der Waals surface area contributed by atoms with Crippen LogP contribution in [0.2, 0.25) is 0 Å². The van der Waals surface area contributed by atoms with Crippen LogP contribution in [-0.2, 0) is 4.79 Å². The van der Waals surface area contributed by atoms with Gasteiger partial charge in [-0.15, -0.1) is 0 Å². The van der Waals surface area contributed by atoms with Gasteiger partial charge in [0.25, 0.3) is 0 Å². The van der Waals surface area contributed by atoms with E-state index in [2.05, 4.69) is 15.4 Å². The van der Waals surface area contributed by atoms with E-state index in [1.807, 2.05) is 0 Å². The van der Waals surface area contributed by atoms with E-state index in [1.165, 1.54) is 35.5 Å². The maximum atomic E-state index is 14.1. The first-order valence-corrected chi connectivity index (χ1v) is 7.28. The zero-order valence-corrected chi connectivity index (χ0v) is 12.2. The first-order valence-electron chi connectivity index (χ1n) is 7.28. The standard InChI is InChI=1S/C15H15F3N4O/c16-12-7-11(1-2-13(12)22-9-19-8-20-22)21-14(23)10-3-5-15(17,18)6-4-10/h1-2,7-10H,3-6H2,(H,21,23). The fraction of sp³-hybridized carbons (Fsp3) is 0.400. The molecule has 5 nitrogen and oxygen atoms in total. The molecule has 8 heteroatoms. The number of carbonyl (C=O) groups excluding carboxylic acids is 1. The monoisotopic (exact) mass is 324 g/mol. The lowest BCUT2D eigenvalue weighted by Crippen LogP contribution is -2.31. The molecule has 1 aromatic heterocycles. The van der Waals surface area contributed by atoms with Crippen LogP contribution in [0.1, 0.15) is 25.7 Å². The highest BCUT2D eigenvalue weighted by molar-refractivity contribution is 5.92. The summed E-state index contributed by atoms with van der Waals surface area (Å²) >= 11 is 0. The average Bonchev–Trinajstić information content (AvgIpc) is 3.01. The van der Waals surface area contributed by atoms with E-state index in [4.69, 9.17) is 0 Å². The molecule has 0 unspecified atom stereocenters. The van der Waals surface area contributed by atoms with E-state index in [-0.39, 0.29) is 43.0 Å². The molecule has 1 aromatic carbocycles. The molecule has 0 radical (unpaired) electrons. The summed E-state index contributed by atoms with van der Waals surface area (Å²) in [6, 6.07) is 4.18. The van der Waals surface area contributed by atoms with Crippen LogP contribution in [-0.4, -0.2) is 26.6 Å². The van der Waals surface area contributed by atoms with Crippen molar-refractivity contribution in [3.63, 3.8) is 0 Å². The van der Waals surface area contributed by atoms with Crippen LogP contribution in [0.15, 0.2) is 30.9 Å². The lowest BCUT2D eigenvalue weighted by molar-refractivity contribution is -0.124. The Kier molecular flexibility index (Phi) is 4.06. The van der Waals surface area contributed by atoms with Gasteiger partial charge >= 0.3 is 0 Å². The molecule has 1 fully saturated rings. The van der Waals surface area contributed by atoms with Crippen LogP contribution in [0.3, 0.4) is 0 Å². The quantitative estimate of drug-likeness (QED) is 0.943. The van der Waals surface area contributed by atoms with Crippen molar-refractivity contribution in [2.24, 2.45) is 5.92 Å². The van der Waals surface area contributed by atoms with Crippen molar-refractivity contribution in [1.29, 1.82) is 0 Å². The molecule has 23 heavy (non-hydrogen) atoms. The van der Waals surface area contributed by atoms with Crippen LogP contribution < -0.4 is 5.32 Å². The zero-order chi connectivity index (χ0) is 16.4. The van der Waals surface area contributed by atoms with Crippen molar-refractivity contribution in [2.75, 3.05) is 5.32 Å². The number of alkyl halides is 2. The summed E-state index contributed by atoms with van der Waals surface area (Å²) in [6.07, 6.45) is 2.35. The molecular weight excluding hydrogens is 309 g/mol. The van der Waals surface area contributed by atoms with Crippen LogP contribution in [0.4, 0.5) is 18.9 Å². The second-order valence-electron chi connectivity index (χ2n) is 5.63. The molecule has 0 bridgehead atoms. The van der Waals surface area contributed by atoms with Crippen molar-refractivity contribution in [1.82, 2.24) is 14.8 Å². The van der Waals surface area contributed by atoms with E-state index in [0.717, 1.165) is 0 Å².